The number of nitrogens with zero attached hydrogens (tertiary/aromatic N) is 4. The van der Waals surface area contributed by atoms with Gasteiger partial charge in [-0.3, -0.25) is 4.79 Å². The number of hydrogen-bond acceptors (Lipinski definition) is 5. The minimum atomic E-state index is -1.02. The molecule has 0 aliphatic rings. The van der Waals surface area contributed by atoms with Crippen LogP contribution in [0.1, 0.15) is 12.0 Å². The predicted octanol–water partition coefficient (Wildman–Crippen LogP) is 5.39. The number of rotatable bonds is 5. The Hall–Kier alpha value is -2.30. The molecule has 148 valence electrons. The van der Waals surface area contributed by atoms with E-state index in [0.29, 0.717) is 11.3 Å². The lowest BCUT2D eigenvalue weighted by Crippen LogP contribution is -2.00. The van der Waals surface area contributed by atoms with Crippen molar-refractivity contribution in [3.63, 3.8) is 0 Å². The Kier molecular flexibility index (Phi) is 5.41. The summed E-state index contributed by atoms with van der Waals surface area (Å²) in [6.07, 6.45) is 3.39. The molecule has 29 heavy (non-hydrogen) atoms. The third-order valence-electron chi connectivity index (χ3n) is 4.10. The zero-order valence-electron chi connectivity index (χ0n) is 14.4. The molecule has 0 bridgehead atoms. The highest BCUT2D eigenvalue weighted by atomic mass is 79.9. The highest BCUT2D eigenvalue weighted by Crippen LogP contribution is 2.31. The van der Waals surface area contributed by atoms with Crippen molar-refractivity contribution in [2.75, 3.05) is 0 Å². The van der Waals surface area contributed by atoms with Crippen LogP contribution in [0, 0.1) is 5.82 Å². The van der Waals surface area contributed by atoms with Crippen LogP contribution >= 0.6 is 43.5 Å². The van der Waals surface area contributed by atoms with Crippen LogP contribution in [-0.2, 0) is 11.2 Å². The van der Waals surface area contributed by atoms with E-state index in [1.807, 2.05) is 12.3 Å². The van der Waals surface area contributed by atoms with Crippen molar-refractivity contribution in [1.29, 1.82) is 0 Å². The number of hydrogen-bond donors (Lipinski definition) is 1. The number of fused-ring (bicyclic) bond motifs is 1. The van der Waals surface area contributed by atoms with Crippen LogP contribution in [0.25, 0.3) is 28.6 Å². The summed E-state index contributed by atoms with van der Waals surface area (Å²) in [5, 5.41) is 12.8. The molecule has 7 nitrogen and oxygen atoms in total. The van der Waals surface area contributed by atoms with Gasteiger partial charge in [-0.2, -0.15) is 4.98 Å². The molecule has 1 aromatic carbocycles. The molecule has 0 aliphatic carbocycles. The molecule has 0 spiro atoms. The molecule has 0 atom stereocenters. The molecule has 4 rings (SSSR count). The van der Waals surface area contributed by atoms with Crippen molar-refractivity contribution >= 4 is 55.1 Å². The SMILES string of the molecule is O=C(O)CCc1cc(Cl)c(-c2noc(-c3cn4cc(Br)cc(Br)c4n3)n2)cc1F. The number of benzene rings is 1. The Morgan fingerprint density at radius 3 is 2.79 bits per heavy atom. The molecule has 3 heterocycles. The van der Waals surface area contributed by atoms with Gasteiger partial charge in [0.2, 0.25) is 5.82 Å². The van der Waals surface area contributed by atoms with E-state index in [2.05, 4.69) is 47.0 Å². The summed E-state index contributed by atoms with van der Waals surface area (Å²) in [5.74, 6) is -1.35. The fraction of sp³-hybridized carbons (Fsp3) is 0.111. The van der Waals surface area contributed by atoms with E-state index >= 15 is 0 Å². The van der Waals surface area contributed by atoms with Gasteiger partial charge in [0.05, 0.1) is 9.50 Å². The number of pyridine rings is 1. The van der Waals surface area contributed by atoms with E-state index in [4.69, 9.17) is 21.2 Å². The Bertz CT molecular complexity index is 1260. The van der Waals surface area contributed by atoms with Crippen LogP contribution in [0.3, 0.4) is 0 Å². The largest absolute Gasteiger partial charge is 0.481 e. The number of carbonyl (C=O) groups is 1. The second-order valence-corrected chi connectivity index (χ2v) is 8.28. The highest BCUT2D eigenvalue weighted by molar-refractivity contribution is 9.11. The molecule has 11 heteroatoms. The lowest BCUT2D eigenvalue weighted by molar-refractivity contribution is -0.136. The Morgan fingerprint density at radius 2 is 2.03 bits per heavy atom. The van der Waals surface area contributed by atoms with Gasteiger partial charge in [0, 0.05) is 28.9 Å². The first-order chi connectivity index (χ1) is 13.8. The summed E-state index contributed by atoms with van der Waals surface area (Å²) in [4.78, 5) is 19.4. The van der Waals surface area contributed by atoms with Gasteiger partial charge in [-0.1, -0.05) is 16.8 Å². The van der Waals surface area contributed by atoms with Crippen LogP contribution in [0.15, 0.2) is 44.1 Å². The quantitative estimate of drug-likeness (QED) is 0.362. The first kappa shape index (κ1) is 20.0. The van der Waals surface area contributed by atoms with Crippen LogP contribution in [0.4, 0.5) is 4.39 Å². The van der Waals surface area contributed by atoms with E-state index in [1.54, 1.807) is 10.6 Å². The second-order valence-electron chi connectivity index (χ2n) is 6.10. The number of carboxylic acid groups (broad SMARTS) is 1. The number of aromatic nitrogens is 4. The predicted molar refractivity (Wildman–Crippen MR) is 110 cm³/mol. The fourth-order valence-corrected chi connectivity index (χ4v) is 4.32. The van der Waals surface area contributed by atoms with Crippen LogP contribution in [0.2, 0.25) is 5.02 Å². The molecule has 0 saturated heterocycles. The maximum Gasteiger partial charge on any atom is 0.303 e. The molecule has 0 unspecified atom stereocenters. The first-order valence-electron chi connectivity index (χ1n) is 8.19. The van der Waals surface area contributed by atoms with E-state index in [0.717, 1.165) is 8.95 Å². The number of carboxylic acids is 1. The van der Waals surface area contributed by atoms with Crippen molar-refractivity contribution in [1.82, 2.24) is 19.5 Å². The monoisotopic (exact) mass is 542 g/mol. The minimum absolute atomic E-state index is 0.0321. The topological polar surface area (TPSA) is 93.5 Å². The molecule has 0 saturated carbocycles. The zero-order valence-corrected chi connectivity index (χ0v) is 18.3. The van der Waals surface area contributed by atoms with Crippen LogP contribution in [0.5, 0.6) is 0 Å². The number of aliphatic carboxylic acids is 1. The summed E-state index contributed by atoms with van der Waals surface area (Å²) in [6.45, 7) is 0. The van der Waals surface area contributed by atoms with Crippen molar-refractivity contribution < 1.29 is 18.8 Å². The average Bonchev–Trinajstić information content (AvgIpc) is 3.28. The standard InChI is InChI=1S/C18H10Br2ClFN4O3/c19-9-4-11(20)17-23-14(7-26(17)6-9)18-24-16(25-29-18)10-5-13(22)8(3-12(10)21)1-2-15(27)28/h3-7H,1-2H2,(H,27,28). The summed E-state index contributed by atoms with van der Waals surface area (Å²) in [6, 6.07) is 4.41. The summed E-state index contributed by atoms with van der Waals surface area (Å²) in [7, 11) is 0. The Balaban J connectivity index is 1.68. The molecule has 3 aromatic heterocycles. The number of aryl methyl sites for hydroxylation is 1. The first-order valence-corrected chi connectivity index (χ1v) is 10.2. The van der Waals surface area contributed by atoms with Crippen LogP contribution in [-0.4, -0.2) is 30.6 Å². The summed E-state index contributed by atoms with van der Waals surface area (Å²) in [5.41, 5.74) is 1.55. The fourth-order valence-electron chi connectivity index (χ4n) is 2.76. The van der Waals surface area contributed by atoms with Crippen molar-refractivity contribution in [2.24, 2.45) is 0 Å². The Morgan fingerprint density at radius 1 is 1.24 bits per heavy atom. The smallest absolute Gasteiger partial charge is 0.303 e. The molecule has 1 N–H and O–H groups in total. The zero-order chi connectivity index (χ0) is 20.7. The van der Waals surface area contributed by atoms with Gasteiger partial charge in [-0.15, -0.1) is 0 Å². The Labute approximate surface area is 184 Å². The minimum Gasteiger partial charge on any atom is -0.481 e. The molecule has 0 aliphatic heterocycles. The lowest BCUT2D eigenvalue weighted by Gasteiger charge is -2.05. The molecule has 0 fully saturated rings. The van der Waals surface area contributed by atoms with Crippen molar-refractivity contribution in [2.45, 2.75) is 12.8 Å². The summed E-state index contributed by atoms with van der Waals surface area (Å²) >= 11 is 13.1. The van der Waals surface area contributed by atoms with E-state index in [9.17, 15) is 9.18 Å². The maximum absolute atomic E-state index is 14.4. The molecule has 0 amide bonds. The summed E-state index contributed by atoms with van der Waals surface area (Å²) < 4.78 is 23.1. The third kappa shape index (κ3) is 4.05. The van der Waals surface area contributed by atoms with E-state index in [-0.39, 0.29) is 40.7 Å². The van der Waals surface area contributed by atoms with Crippen LogP contribution < -0.4 is 0 Å². The molecular weight excluding hydrogens is 534 g/mol. The maximum atomic E-state index is 14.4. The van der Waals surface area contributed by atoms with Gasteiger partial charge in [0.15, 0.2) is 5.65 Å². The van der Waals surface area contributed by atoms with Crippen molar-refractivity contribution in [3.05, 3.63) is 55.9 Å². The van der Waals surface area contributed by atoms with Gasteiger partial charge in [-0.05, 0) is 62.0 Å². The lowest BCUT2D eigenvalue weighted by atomic mass is 10.1. The number of halogens is 4. The van der Waals surface area contributed by atoms with Gasteiger partial charge >= 0.3 is 5.97 Å². The highest BCUT2D eigenvalue weighted by Gasteiger charge is 2.19. The second kappa shape index (κ2) is 7.85. The normalized spacial score (nSPS) is 11.3. The molecule has 4 aromatic rings. The van der Waals surface area contributed by atoms with Gasteiger partial charge in [0.25, 0.3) is 5.89 Å². The average molecular weight is 545 g/mol. The third-order valence-corrected chi connectivity index (χ3v) is 5.43. The van der Waals surface area contributed by atoms with Crippen molar-refractivity contribution in [3.8, 4) is 23.0 Å². The van der Waals surface area contributed by atoms with Gasteiger partial charge < -0.3 is 14.0 Å². The number of imidazole rings is 1. The van der Waals surface area contributed by atoms with E-state index < -0.39 is 11.8 Å². The van der Waals surface area contributed by atoms with Gasteiger partial charge in [0.1, 0.15) is 11.5 Å². The van der Waals surface area contributed by atoms with E-state index in [1.165, 1.54) is 12.1 Å². The molecule has 0 radical (unpaired) electrons. The van der Waals surface area contributed by atoms with Gasteiger partial charge in [-0.25, -0.2) is 9.37 Å². The molecular formula is C18H10Br2ClFN4O3.